The Morgan fingerprint density at radius 3 is 2.48 bits per heavy atom. The monoisotopic (exact) mass is 383 g/mol. The first-order valence-corrected chi connectivity index (χ1v) is 9.21. The quantitative estimate of drug-likeness (QED) is 0.412. The fourth-order valence-corrected chi connectivity index (χ4v) is 2.99. The van der Waals surface area contributed by atoms with Crippen LogP contribution in [0.15, 0.2) is 53.8 Å². The first kappa shape index (κ1) is 16.9. The van der Waals surface area contributed by atoms with Crippen molar-refractivity contribution < 1.29 is 13.5 Å². The zero-order valence-corrected chi connectivity index (χ0v) is 14.5. The van der Waals surface area contributed by atoms with Gasteiger partial charge in [-0.05, 0) is 30.3 Å². The van der Waals surface area contributed by atoms with Gasteiger partial charge in [-0.2, -0.15) is 4.98 Å². The molecule has 0 aliphatic heterocycles. The Balaban J connectivity index is 1.73. The van der Waals surface area contributed by atoms with Crippen LogP contribution in [-0.2, 0) is 10.0 Å². The SMILES string of the molecule is NS(=O)(=O)c1ccc(Nc2nc(-c3ccc(O)nc3)c3nc[nH]c3n2)cc1. The van der Waals surface area contributed by atoms with Gasteiger partial charge in [-0.3, -0.25) is 0 Å². The van der Waals surface area contributed by atoms with Crippen LogP contribution in [0.2, 0.25) is 0 Å². The summed E-state index contributed by atoms with van der Waals surface area (Å²) in [5, 5.41) is 17.5. The van der Waals surface area contributed by atoms with Crippen LogP contribution in [0.3, 0.4) is 0 Å². The van der Waals surface area contributed by atoms with Gasteiger partial charge in [0.25, 0.3) is 0 Å². The molecule has 0 saturated carbocycles. The first-order chi connectivity index (χ1) is 12.9. The number of primary sulfonamides is 1. The van der Waals surface area contributed by atoms with Gasteiger partial charge < -0.3 is 15.4 Å². The van der Waals surface area contributed by atoms with E-state index < -0.39 is 10.0 Å². The summed E-state index contributed by atoms with van der Waals surface area (Å²) in [5.41, 5.74) is 2.82. The van der Waals surface area contributed by atoms with Gasteiger partial charge >= 0.3 is 0 Å². The van der Waals surface area contributed by atoms with Crippen LogP contribution in [0, 0.1) is 0 Å². The number of aromatic amines is 1. The molecule has 3 heterocycles. The average molecular weight is 383 g/mol. The highest BCUT2D eigenvalue weighted by atomic mass is 32.2. The van der Waals surface area contributed by atoms with E-state index in [1.165, 1.54) is 30.7 Å². The van der Waals surface area contributed by atoms with Gasteiger partial charge in [0.05, 0.1) is 11.2 Å². The average Bonchev–Trinajstić information content (AvgIpc) is 3.10. The zero-order valence-electron chi connectivity index (χ0n) is 13.7. The highest BCUT2D eigenvalue weighted by Crippen LogP contribution is 2.26. The third kappa shape index (κ3) is 3.41. The van der Waals surface area contributed by atoms with Crippen molar-refractivity contribution in [2.45, 2.75) is 4.90 Å². The van der Waals surface area contributed by atoms with Gasteiger partial charge in [-0.25, -0.2) is 28.5 Å². The number of sulfonamides is 1. The van der Waals surface area contributed by atoms with Gasteiger partial charge in [0.1, 0.15) is 11.2 Å². The standard InChI is InChI=1S/C16H13N7O3S/c17-27(25,26)11-4-2-10(3-5-11)21-16-22-13(9-1-6-12(24)18-7-9)14-15(23-16)20-8-19-14/h1-8H,(H,18,24)(H2,17,25,26)(H2,19,20,21,22,23). The minimum absolute atomic E-state index is 0.00819. The molecule has 11 heteroatoms. The maximum atomic E-state index is 11.3. The summed E-state index contributed by atoms with van der Waals surface area (Å²) in [6, 6.07) is 9.01. The molecular weight excluding hydrogens is 370 g/mol. The maximum absolute atomic E-state index is 11.3. The topological polar surface area (TPSA) is 160 Å². The van der Waals surface area contributed by atoms with E-state index in [2.05, 4.69) is 30.2 Å². The molecule has 0 spiro atoms. The number of pyridine rings is 1. The summed E-state index contributed by atoms with van der Waals surface area (Å²) in [6.07, 6.45) is 2.98. The normalized spacial score (nSPS) is 11.6. The van der Waals surface area contributed by atoms with E-state index in [0.717, 1.165) is 0 Å². The van der Waals surface area contributed by atoms with Crippen LogP contribution in [0.5, 0.6) is 5.88 Å². The van der Waals surface area contributed by atoms with E-state index >= 15 is 0 Å². The highest BCUT2D eigenvalue weighted by Gasteiger charge is 2.13. The summed E-state index contributed by atoms with van der Waals surface area (Å²) in [6.45, 7) is 0. The van der Waals surface area contributed by atoms with Crippen LogP contribution >= 0.6 is 0 Å². The predicted octanol–water partition coefficient (Wildman–Crippen LogP) is 1.51. The van der Waals surface area contributed by atoms with Crippen molar-refractivity contribution in [1.29, 1.82) is 0 Å². The van der Waals surface area contributed by atoms with Crippen molar-refractivity contribution in [2.24, 2.45) is 5.14 Å². The van der Waals surface area contributed by atoms with Crippen LogP contribution in [0.1, 0.15) is 0 Å². The molecule has 0 fully saturated rings. The lowest BCUT2D eigenvalue weighted by molar-refractivity contribution is 0.453. The highest BCUT2D eigenvalue weighted by molar-refractivity contribution is 7.89. The molecule has 0 bridgehead atoms. The number of benzene rings is 1. The van der Waals surface area contributed by atoms with E-state index in [0.29, 0.717) is 28.1 Å². The Morgan fingerprint density at radius 1 is 1.04 bits per heavy atom. The number of nitrogens with zero attached hydrogens (tertiary/aromatic N) is 4. The first-order valence-electron chi connectivity index (χ1n) is 7.66. The van der Waals surface area contributed by atoms with Crippen molar-refractivity contribution in [1.82, 2.24) is 24.9 Å². The molecule has 0 aliphatic carbocycles. The van der Waals surface area contributed by atoms with E-state index in [4.69, 9.17) is 5.14 Å². The van der Waals surface area contributed by atoms with Crippen molar-refractivity contribution >= 4 is 32.8 Å². The van der Waals surface area contributed by atoms with Gasteiger partial charge in [0.15, 0.2) is 5.65 Å². The number of H-pyrrole nitrogens is 1. The number of nitrogens with one attached hydrogen (secondary N) is 2. The van der Waals surface area contributed by atoms with Crippen molar-refractivity contribution in [2.75, 3.05) is 5.32 Å². The summed E-state index contributed by atoms with van der Waals surface area (Å²) in [4.78, 5) is 19.8. The molecule has 27 heavy (non-hydrogen) atoms. The van der Waals surface area contributed by atoms with Crippen LogP contribution in [-0.4, -0.2) is 38.4 Å². The van der Waals surface area contributed by atoms with Crippen molar-refractivity contribution in [3.63, 3.8) is 0 Å². The molecule has 0 amide bonds. The number of aromatic hydroxyl groups is 1. The second kappa shape index (κ2) is 6.30. The van der Waals surface area contributed by atoms with Crippen LogP contribution in [0.4, 0.5) is 11.6 Å². The Labute approximate surface area is 153 Å². The maximum Gasteiger partial charge on any atom is 0.238 e. The Kier molecular flexibility index (Phi) is 3.94. The number of nitrogens with two attached hydrogens (primary N) is 1. The van der Waals surface area contributed by atoms with E-state index in [9.17, 15) is 13.5 Å². The molecule has 0 aliphatic rings. The summed E-state index contributed by atoms with van der Waals surface area (Å²) >= 11 is 0. The minimum atomic E-state index is -3.76. The zero-order chi connectivity index (χ0) is 19.0. The number of fused-ring (bicyclic) bond motifs is 1. The van der Waals surface area contributed by atoms with Gasteiger partial charge in [0.2, 0.25) is 21.9 Å². The van der Waals surface area contributed by atoms with Gasteiger partial charge in [-0.15, -0.1) is 0 Å². The second-order valence-electron chi connectivity index (χ2n) is 5.60. The smallest absolute Gasteiger partial charge is 0.238 e. The third-order valence-electron chi connectivity index (χ3n) is 3.74. The van der Waals surface area contributed by atoms with E-state index in [1.54, 1.807) is 18.2 Å². The summed E-state index contributed by atoms with van der Waals surface area (Å²) in [5.74, 6) is 0.178. The molecule has 0 saturated heterocycles. The molecule has 0 radical (unpaired) electrons. The van der Waals surface area contributed by atoms with Crippen LogP contribution in [0.25, 0.3) is 22.4 Å². The Hall–Kier alpha value is -3.57. The second-order valence-corrected chi connectivity index (χ2v) is 7.16. The number of imidazole rings is 1. The number of aromatic nitrogens is 5. The van der Waals surface area contributed by atoms with E-state index in [1.807, 2.05) is 0 Å². The molecule has 5 N–H and O–H groups in total. The third-order valence-corrected chi connectivity index (χ3v) is 4.67. The van der Waals surface area contributed by atoms with Gasteiger partial charge in [-0.1, -0.05) is 0 Å². The van der Waals surface area contributed by atoms with Crippen LogP contribution < -0.4 is 10.5 Å². The lowest BCUT2D eigenvalue weighted by Crippen LogP contribution is -2.11. The molecule has 4 aromatic rings. The number of hydrogen-bond donors (Lipinski definition) is 4. The van der Waals surface area contributed by atoms with Crippen molar-refractivity contribution in [3.05, 3.63) is 48.9 Å². The molecule has 1 aromatic carbocycles. The molecule has 136 valence electrons. The number of anilines is 2. The Bertz CT molecular complexity index is 1220. The molecule has 0 atom stereocenters. The molecule has 0 unspecified atom stereocenters. The number of rotatable bonds is 4. The van der Waals surface area contributed by atoms with Gasteiger partial charge in [0, 0.05) is 23.5 Å². The molecule has 4 rings (SSSR count). The van der Waals surface area contributed by atoms with E-state index in [-0.39, 0.29) is 16.7 Å². The largest absolute Gasteiger partial charge is 0.493 e. The predicted molar refractivity (Wildman–Crippen MR) is 97.7 cm³/mol. The molecule has 10 nitrogen and oxygen atoms in total. The fraction of sp³-hybridized carbons (Fsp3) is 0. The Morgan fingerprint density at radius 2 is 1.81 bits per heavy atom. The lowest BCUT2D eigenvalue weighted by atomic mass is 10.2. The summed E-state index contributed by atoms with van der Waals surface area (Å²) in [7, 11) is -3.76. The fourth-order valence-electron chi connectivity index (χ4n) is 2.48. The number of hydrogen-bond acceptors (Lipinski definition) is 8. The lowest BCUT2D eigenvalue weighted by Gasteiger charge is -2.08. The molecular formula is C16H13N7O3S. The summed E-state index contributed by atoms with van der Waals surface area (Å²) < 4.78 is 22.7. The van der Waals surface area contributed by atoms with Crippen molar-refractivity contribution in [3.8, 4) is 17.1 Å². The minimum Gasteiger partial charge on any atom is -0.493 e. The molecule has 3 aromatic heterocycles.